The second kappa shape index (κ2) is 7.43. The summed E-state index contributed by atoms with van der Waals surface area (Å²) in [5.74, 6) is 0.109. The third-order valence-corrected chi connectivity index (χ3v) is 5.93. The number of carbonyl (C=O) groups is 2. The molecule has 0 bridgehead atoms. The van der Waals surface area contributed by atoms with Crippen molar-refractivity contribution in [2.75, 3.05) is 0 Å². The van der Waals surface area contributed by atoms with Crippen LogP contribution >= 0.6 is 11.8 Å². The van der Waals surface area contributed by atoms with E-state index in [9.17, 15) is 9.59 Å². The molecule has 128 valence electrons. The fraction of sp³-hybridized carbons (Fsp3) is 0.474. The smallest absolute Gasteiger partial charge is 0.257 e. The largest absolute Gasteiger partial charge is 0.354 e. The summed E-state index contributed by atoms with van der Waals surface area (Å²) < 4.78 is 0. The zero-order valence-corrected chi connectivity index (χ0v) is 14.9. The van der Waals surface area contributed by atoms with Crippen LogP contribution in [-0.4, -0.2) is 29.1 Å². The van der Waals surface area contributed by atoms with E-state index in [1.54, 1.807) is 11.8 Å². The van der Waals surface area contributed by atoms with Gasteiger partial charge in [0.25, 0.3) is 5.91 Å². The van der Waals surface area contributed by atoms with Gasteiger partial charge in [0, 0.05) is 23.3 Å². The number of hydrogen-bond donors (Lipinski definition) is 2. The van der Waals surface area contributed by atoms with Crippen molar-refractivity contribution >= 4 is 29.7 Å². The van der Waals surface area contributed by atoms with Gasteiger partial charge in [0.1, 0.15) is 0 Å². The molecule has 2 aliphatic rings. The van der Waals surface area contributed by atoms with E-state index in [-0.39, 0.29) is 29.8 Å². The van der Waals surface area contributed by atoms with Crippen molar-refractivity contribution in [3.63, 3.8) is 0 Å². The maximum atomic E-state index is 12.4. The SMILES string of the molecule is CC(C)NC(=O)C1CCC2S/C(=C\c3ccccc3)C(=O)NC2C1. The van der Waals surface area contributed by atoms with Crippen molar-refractivity contribution in [3.05, 3.63) is 40.8 Å². The molecule has 1 heterocycles. The van der Waals surface area contributed by atoms with Gasteiger partial charge in [0.15, 0.2) is 0 Å². The summed E-state index contributed by atoms with van der Waals surface area (Å²) in [5, 5.41) is 6.47. The fourth-order valence-corrected chi connectivity index (χ4v) is 4.63. The Bertz CT molecular complexity index is 642. The van der Waals surface area contributed by atoms with Gasteiger partial charge in [0.05, 0.1) is 4.91 Å². The molecule has 3 rings (SSSR count). The Morgan fingerprint density at radius 1 is 1.29 bits per heavy atom. The van der Waals surface area contributed by atoms with Crippen LogP contribution in [0.25, 0.3) is 6.08 Å². The minimum Gasteiger partial charge on any atom is -0.354 e. The topological polar surface area (TPSA) is 58.2 Å². The lowest BCUT2D eigenvalue weighted by Crippen LogP contribution is -2.52. The molecule has 0 aromatic heterocycles. The van der Waals surface area contributed by atoms with E-state index in [0.717, 1.165) is 29.7 Å². The number of benzene rings is 1. The normalized spacial score (nSPS) is 28.4. The van der Waals surface area contributed by atoms with Crippen LogP contribution in [0.2, 0.25) is 0 Å². The highest BCUT2D eigenvalue weighted by Crippen LogP contribution is 2.39. The van der Waals surface area contributed by atoms with E-state index in [4.69, 9.17) is 0 Å². The lowest BCUT2D eigenvalue weighted by Gasteiger charge is -2.39. The van der Waals surface area contributed by atoms with E-state index >= 15 is 0 Å². The van der Waals surface area contributed by atoms with E-state index in [0.29, 0.717) is 5.25 Å². The zero-order valence-electron chi connectivity index (χ0n) is 14.1. The molecule has 5 heteroatoms. The van der Waals surface area contributed by atoms with Crippen molar-refractivity contribution in [3.8, 4) is 0 Å². The summed E-state index contributed by atoms with van der Waals surface area (Å²) >= 11 is 1.66. The highest BCUT2D eigenvalue weighted by Gasteiger charge is 2.39. The number of carbonyl (C=O) groups excluding carboxylic acids is 2. The number of thioether (sulfide) groups is 1. The van der Waals surface area contributed by atoms with Crippen LogP contribution < -0.4 is 10.6 Å². The summed E-state index contributed by atoms with van der Waals surface area (Å²) in [4.78, 5) is 25.4. The monoisotopic (exact) mass is 344 g/mol. The molecule has 3 atom stereocenters. The number of amides is 2. The van der Waals surface area contributed by atoms with Crippen molar-refractivity contribution in [1.29, 1.82) is 0 Å². The summed E-state index contributed by atoms with van der Waals surface area (Å²) in [6.07, 6.45) is 4.54. The Labute approximate surface area is 147 Å². The Morgan fingerprint density at radius 3 is 2.75 bits per heavy atom. The van der Waals surface area contributed by atoms with Crippen LogP contribution in [0.4, 0.5) is 0 Å². The molecule has 1 aromatic carbocycles. The first kappa shape index (κ1) is 17.1. The summed E-state index contributed by atoms with van der Waals surface area (Å²) in [5.41, 5.74) is 1.04. The summed E-state index contributed by atoms with van der Waals surface area (Å²) in [7, 11) is 0. The number of rotatable bonds is 3. The molecular formula is C19H24N2O2S. The average Bonchev–Trinajstić information content (AvgIpc) is 2.55. The van der Waals surface area contributed by atoms with Crippen molar-refractivity contribution in [2.24, 2.45) is 5.92 Å². The first-order valence-corrected chi connectivity index (χ1v) is 9.45. The fourth-order valence-electron chi connectivity index (χ4n) is 3.33. The molecule has 3 unspecified atom stereocenters. The molecule has 2 amide bonds. The average molecular weight is 344 g/mol. The first-order valence-electron chi connectivity index (χ1n) is 8.57. The minimum absolute atomic E-state index is 0.00852. The van der Waals surface area contributed by atoms with Gasteiger partial charge in [0.2, 0.25) is 5.91 Å². The van der Waals surface area contributed by atoms with Gasteiger partial charge in [-0.1, -0.05) is 30.3 Å². The second-order valence-corrected chi connectivity index (χ2v) is 8.11. The van der Waals surface area contributed by atoms with E-state index in [2.05, 4.69) is 10.6 Å². The first-order chi connectivity index (χ1) is 11.5. The third-order valence-electron chi connectivity index (χ3n) is 4.50. The molecule has 1 aromatic rings. The maximum absolute atomic E-state index is 12.4. The number of fused-ring (bicyclic) bond motifs is 1. The Kier molecular flexibility index (Phi) is 5.29. The maximum Gasteiger partial charge on any atom is 0.257 e. The molecular weight excluding hydrogens is 320 g/mol. The van der Waals surface area contributed by atoms with E-state index in [1.165, 1.54) is 0 Å². The number of nitrogens with one attached hydrogen (secondary N) is 2. The summed E-state index contributed by atoms with van der Waals surface area (Å²) in [6, 6.07) is 10.2. The van der Waals surface area contributed by atoms with Gasteiger partial charge in [-0.2, -0.15) is 0 Å². The number of hydrogen-bond acceptors (Lipinski definition) is 3. The van der Waals surface area contributed by atoms with Gasteiger partial charge < -0.3 is 10.6 Å². The standard InChI is InChI=1S/C19H24N2O2S/c1-12(2)20-18(22)14-8-9-16-15(11-14)21-19(23)17(24-16)10-13-6-4-3-5-7-13/h3-7,10,12,14-16H,8-9,11H2,1-2H3,(H,20,22)(H,21,23)/b17-10-. The Morgan fingerprint density at radius 2 is 2.04 bits per heavy atom. The van der Waals surface area contributed by atoms with Gasteiger partial charge in [-0.25, -0.2) is 0 Å². The Hall–Kier alpha value is -1.75. The predicted octanol–water partition coefficient (Wildman–Crippen LogP) is 2.95. The summed E-state index contributed by atoms with van der Waals surface area (Å²) in [6.45, 7) is 3.95. The lowest BCUT2D eigenvalue weighted by molar-refractivity contribution is -0.127. The van der Waals surface area contributed by atoms with Gasteiger partial charge in [-0.3, -0.25) is 9.59 Å². The van der Waals surface area contributed by atoms with Crippen molar-refractivity contribution in [1.82, 2.24) is 10.6 Å². The third kappa shape index (κ3) is 4.01. The van der Waals surface area contributed by atoms with E-state index in [1.807, 2.05) is 50.3 Å². The molecule has 1 saturated carbocycles. The van der Waals surface area contributed by atoms with Gasteiger partial charge >= 0.3 is 0 Å². The quantitative estimate of drug-likeness (QED) is 0.829. The lowest BCUT2D eigenvalue weighted by atomic mass is 9.84. The van der Waals surface area contributed by atoms with Crippen LogP contribution in [0.15, 0.2) is 35.2 Å². The van der Waals surface area contributed by atoms with Crippen molar-refractivity contribution < 1.29 is 9.59 Å². The second-order valence-electron chi connectivity index (χ2n) is 6.83. The molecule has 2 fully saturated rings. The molecule has 4 nitrogen and oxygen atoms in total. The van der Waals surface area contributed by atoms with Crippen LogP contribution in [0.5, 0.6) is 0 Å². The Balaban J connectivity index is 1.66. The molecule has 0 spiro atoms. The van der Waals surface area contributed by atoms with Gasteiger partial charge in [-0.05, 0) is 44.7 Å². The molecule has 2 N–H and O–H groups in total. The van der Waals surface area contributed by atoms with E-state index < -0.39 is 0 Å². The van der Waals surface area contributed by atoms with Crippen molar-refractivity contribution in [2.45, 2.75) is 50.4 Å². The minimum atomic E-state index is -0.0185. The molecule has 0 radical (unpaired) electrons. The molecule has 24 heavy (non-hydrogen) atoms. The molecule has 1 aliphatic heterocycles. The van der Waals surface area contributed by atoms with Crippen LogP contribution in [0.3, 0.4) is 0 Å². The highest BCUT2D eigenvalue weighted by molar-refractivity contribution is 8.04. The zero-order chi connectivity index (χ0) is 17.1. The van der Waals surface area contributed by atoms with Crippen LogP contribution in [-0.2, 0) is 9.59 Å². The predicted molar refractivity (Wildman–Crippen MR) is 98.3 cm³/mol. The van der Waals surface area contributed by atoms with Crippen LogP contribution in [0.1, 0.15) is 38.7 Å². The molecule has 1 saturated heterocycles. The highest BCUT2D eigenvalue weighted by atomic mass is 32.2. The molecule has 1 aliphatic carbocycles. The van der Waals surface area contributed by atoms with Crippen LogP contribution in [0, 0.1) is 5.92 Å². The van der Waals surface area contributed by atoms with Gasteiger partial charge in [-0.15, -0.1) is 11.8 Å².